The lowest BCUT2D eigenvalue weighted by Crippen LogP contribution is -2.37. The Morgan fingerprint density at radius 1 is 1.39 bits per heavy atom. The Kier molecular flexibility index (Phi) is 3.14. The van der Waals surface area contributed by atoms with E-state index in [0.717, 1.165) is 23.4 Å². The van der Waals surface area contributed by atoms with E-state index in [4.69, 9.17) is 4.98 Å². The standard InChI is InChI=1S/C13H18BrN3S/c1-13(2)3-5-16(6-4-13)11-10(9-14)17-7-8-18-12(17)15-11/h7-8H,3-6,9H2,1-2H3. The van der Waals surface area contributed by atoms with E-state index < -0.39 is 0 Å². The minimum absolute atomic E-state index is 0.488. The van der Waals surface area contributed by atoms with Crippen molar-refractivity contribution in [3.05, 3.63) is 17.3 Å². The molecule has 0 spiro atoms. The first-order chi connectivity index (χ1) is 8.61. The number of nitrogens with zero attached hydrogens (tertiary/aromatic N) is 3. The van der Waals surface area contributed by atoms with Crippen LogP contribution in [0.4, 0.5) is 5.82 Å². The molecule has 3 heterocycles. The number of aromatic nitrogens is 2. The summed E-state index contributed by atoms with van der Waals surface area (Å²) in [5.41, 5.74) is 1.77. The van der Waals surface area contributed by atoms with E-state index in [1.165, 1.54) is 24.4 Å². The Labute approximate surface area is 120 Å². The van der Waals surface area contributed by atoms with E-state index in [1.54, 1.807) is 11.3 Å². The van der Waals surface area contributed by atoms with E-state index in [-0.39, 0.29) is 0 Å². The predicted molar refractivity (Wildman–Crippen MR) is 80.9 cm³/mol. The average molecular weight is 328 g/mol. The summed E-state index contributed by atoms with van der Waals surface area (Å²) in [5.74, 6) is 1.18. The number of fused-ring (bicyclic) bond motifs is 1. The molecule has 3 nitrogen and oxygen atoms in total. The monoisotopic (exact) mass is 327 g/mol. The van der Waals surface area contributed by atoms with Crippen LogP contribution in [0.2, 0.25) is 0 Å². The van der Waals surface area contributed by atoms with Gasteiger partial charge >= 0.3 is 0 Å². The van der Waals surface area contributed by atoms with Gasteiger partial charge in [0.05, 0.1) is 5.69 Å². The predicted octanol–water partition coefficient (Wildman–Crippen LogP) is 3.92. The molecule has 1 aliphatic rings. The number of thiazole rings is 1. The quantitative estimate of drug-likeness (QED) is 0.779. The Balaban J connectivity index is 1.92. The van der Waals surface area contributed by atoms with Gasteiger partial charge in [-0.05, 0) is 18.3 Å². The lowest BCUT2D eigenvalue weighted by molar-refractivity contribution is 0.279. The van der Waals surface area contributed by atoms with Gasteiger partial charge in [-0.15, -0.1) is 11.3 Å². The smallest absolute Gasteiger partial charge is 0.195 e. The summed E-state index contributed by atoms with van der Waals surface area (Å²) in [4.78, 5) is 8.34. The summed E-state index contributed by atoms with van der Waals surface area (Å²) in [6.45, 7) is 6.97. The van der Waals surface area contributed by atoms with Crippen molar-refractivity contribution in [3.63, 3.8) is 0 Å². The Hall–Kier alpha value is -0.550. The number of piperidine rings is 1. The van der Waals surface area contributed by atoms with Crippen LogP contribution in [0.3, 0.4) is 0 Å². The van der Waals surface area contributed by atoms with Gasteiger partial charge < -0.3 is 4.90 Å². The fourth-order valence-electron chi connectivity index (χ4n) is 2.52. The number of halogens is 1. The number of rotatable bonds is 2. The molecule has 0 saturated carbocycles. The molecule has 0 aliphatic carbocycles. The molecule has 1 saturated heterocycles. The highest BCUT2D eigenvalue weighted by Crippen LogP contribution is 2.34. The third kappa shape index (κ3) is 2.07. The van der Waals surface area contributed by atoms with Gasteiger partial charge in [0.2, 0.25) is 0 Å². The van der Waals surface area contributed by atoms with Gasteiger partial charge in [0, 0.05) is 30.0 Å². The molecule has 1 aliphatic heterocycles. The van der Waals surface area contributed by atoms with Crippen LogP contribution < -0.4 is 4.90 Å². The molecular weight excluding hydrogens is 310 g/mol. The second-order valence-corrected chi connectivity index (χ2v) is 7.16. The summed E-state index contributed by atoms with van der Waals surface area (Å²) >= 11 is 5.31. The van der Waals surface area contributed by atoms with Gasteiger partial charge in [0.25, 0.3) is 0 Å². The first-order valence-corrected chi connectivity index (χ1v) is 8.36. The molecule has 3 rings (SSSR count). The Morgan fingerprint density at radius 2 is 2.11 bits per heavy atom. The van der Waals surface area contributed by atoms with Gasteiger partial charge in [-0.25, -0.2) is 4.98 Å². The molecule has 0 N–H and O–H groups in total. The van der Waals surface area contributed by atoms with Gasteiger partial charge in [-0.2, -0.15) is 0 Å². The number of hydrogen-bond acceptors (Lipinski definition) is 3. The van der Waals surface area contributed by atoms with E-state index in [1.807, 2.05) is 0 Å². The molecule has 18 heavy (non-hydrogen) atoms. The van der Waals surface area contributed by atoms with Crippen molar-refractivity contribution in [3.8, 4) is 0 Å². The molecule has 1 fully saturated rings. The van der Waals surface area contributed by atoms with Crippen molar-refractivity contribution < 1.29 is 0 Å². The zero-order valence-electron chi connectivity index (χ0n) is 10.8. The molecule has 5 heteroatoms. The molecular formula is C13H18BrN3S. The molecule has 2 aromatic heterocycles. The number of hydrogen-bond donors (Lipinski definition) is 0. The van der Waals surface area contributed by atoms with Crippen molar-refractivity contribution in [1.82, 2.24) is 9.38 Å². The Bertz CT molecular complexity index is 548. The summed E-state index contributed by atoms with van der Waals surface area (Å²) < 4.78 is 2.20. The van der Waals surface area contributed by atoms with E-state index in [9.17, 15) is 0 Å². The van der Waals surface area contributed by atoms with Crippen LogP contribution in [0.5, 0.6) is 0 Å². The van der Waals surface area contributed by atoms with Gasteiger partial charge in [-0.1, -0.05) is 29.8 Å². The number of alkyl halides is 1. The second kappa shape index (κ2) is 4.53. The first kappa shape index (κ1) is 12.5. The minimum atomic E-state index is 0.488. The van der Waals surface area contributed by atoms with Gasteiger partial charge in [0.1, 0.15) is 0 Å². The molecule has 0 aromatic carbocycles. The SMILES string of the molecule is CC1(C)CCN(c2nc3sccn3c2CBr)CC1. The maximum atomic E-state index is 4.79. The molecule has 98 valence electrons. The van der Waals surface area contributed by atoms with E-state index in [0.29, 0.717) is 5.41 Å². The van der Waals surface area contributed by atoms with Crippen molar-refractivity contribution in [1.29, 1.82) is 0 Å². The molecule has 0 unspecified atom stereocenters. The van der Waals surface area contributed by atoms with E-state index in [2.05, 4.69) is 50.7 Å². The largest absolute Gasteiger partial charge is 0.355 e. The molecule has 0 atom stereocenters. The highest BCUT2D eigenvalue weighted by molar-refractivity contribution is 9.08. The first-order valence-electron chi connectivity index (χ1n) is 6.36. The summed E-state index contributed by atoms with van der Waals surface area (Å²) in [6, 6.07) is 0. The van der Waals surface area contributed by atoms with Crippen LogP contribution >= 0.6 is 27.3 Å². The zero-order valence-corrected chi connectivity index (χ0v) is 13.2. The third-order valence-corrected chi connectivity index (χ3v) is 5.17. The Morgan fingerprint density at radius 3 is 2.78 bits per heavy atom. The highest BCUT2D eigenvalue weighted by Gasteiger charge is 2.28. The van der Waals surface area contributed by atoms with E-state index >= 15 is 0 Å². The van der Waals surface area contributed by atoms with Crippen molar-refractivity contribution >= 4 is 38.0 Å². The zero-order chi connectivity index (χ0) is 12.8. The highest BCUT2D eigenvalue weighted by atomic mass is 79.9. The molecule has 2 aromatic rings. The second-order valence-electron chi connectivity index (χ2n) is 5.72. The lowest BCUT2D eigenvalue weighted by atomic mass is 9.83. The average Bonchev–Trinajstić information content (AvgIpc) is 2.88. The van der Waals surface area contributed by atoms with Crippen molar-refractivity contribution in [2.75, 3.05) is 18.0 Å². The lowest BCUT2D eigenvalue weighted by Gasteiger charge is -2.37. The summed E-state index contributed by atoms with van der Waals surface area (Å²) in [7, 11) is 0. The van der Waals surface area contributed by atoms with Crippen LogP contribution in [0, 0.1) is 5.41 Å². The van der Waals surface area contributed by atoms with Gasteiger partial charge in [0.15, 0.2) is 10.8 Å². The van der Waals surface area contributed by atoms with Crippen molar-refractivity contribution in [2.45, 2.75) is 32.0 Å². The van der Waals surface area contributed by atoms with Crippen LogP contribution in [0.25, 0.3) is 4.96 Å². The molecule has 0 radical (unpaired) electrons. The maximum Gasteiger partial charge on any atom is 0.195 e. The topological polar surface area (TPSA) is 20.5 Å². The van der Waals surface area contributed by atoms with Gasteiger partial charge in [-0.3, -0.25) is 4.40 Å². The number of anilines is 1. The fourth-order valence-corrected chi connectivity index (χ4v) is 3.77. The van der Waals surface area contributed by atoms with Crippen LogP contribution in [-0.2, 0) is 5.33 Å². The summed E-state index contributed by atoms with van der Waals surface area (Å²) in [5, 5.41) is 2.96. The molecule has 0 bridgehead atoms. The molecule has 0 amide bonds. The summed E-state index contributed by atoms with van der Waals surface area (Å²) in [6.07, 6.45) is 4.61. The van der Waals surface area contributed by atoms with Crippen LogP contribution in [-0.4, -0.2) is 22.5 Å². The number of imidazole rings is 1. The minimum Gasteiger partial charge on any atom is -0.355 e. The fraction of sp³-hybridized carbons (Fsp3) is 0.615. The maximum absolute atomic E-state index is 4.79. The normalized spacial score (nSPS) is 19.6. The van der Waals surface area contributed by atoms with Crippen molar-refractivity contribution in [2.24, 2.45) is 5.41 Å². The third-order valence-electron chi connectivity index (χ3n) is 3.88. The van der Waals surface area contributed by atoms with Crippen LogP contribution in [0.1, 0.15) is 32.4 Å². The van der Waals surface area contributed by atoms with Crippen LogP contribution in [0.15, 0.2) is 11.6 Å².